The van der Waals surface area contributed by atoms with Crippen LogP contribution in [-0.4, -0.2) is 31.8 Å². The molecule has 4 rings (SSSR count). The molecule has 2 amide bonds. The van der Waals surface area contributed by atoms with Crippen LogP contribution in [0.4, 0.5) is 10.5 Å². The molecule has 0 unspecified atom stereocenters. The predicted molar refractivity (Wildman–Crippen MR) is 126 cm³/mol. The molecule has 166 valence electrons. The second kappa shape index (κ2) is 9.97. The summed E-state index contributed by atoms with van der Waals surface area (Å²) >= 11 is 0. The highest BCUT2D eigenvalue weighted by Gasteiger charge is 2.29. The van der Waals surface area contributed by atoms with Gasteiger partial charge in [-0.25, -0.2) is 13.2 Å². The van der Waals surface area contributed by atoms with E-state index in [0.717, 1.165) is 18.4 Å². The van der Waals surface area contributed by atoms with Crippen LogP contribution < -0.4 is 10.6 Å². The van der Waals surface area contributed by atoms with Gasteiger partial charge in [0.25, 0.3) is 0 Å². The molecule has 3 aromatic carbocycles. The number of amides is 2. The van der Waals surface area contributed by atoms with Crippen LogP contribution in [-0.2, 0) is 16.6 Å². The van der Waals surface area contributed by atoms with Crippen LogP contribution in [0.5, 0.6) is 0 Å². The van der Waals surface area contributed by atoms with Gasteiger partial charge in [0.15, 0.2) is 0 Å². The van der Waals surface area contributed by atoms with Gasteiger partial charge in [0, 0.05) is 25.3 Å². The summed E-state index contributed by atoms with van der Waals surface area (Å²) in [5, 5.41) is 5.52. The van der Waals surface area contributed by atoms with Crippen LogP contribution in [0.1, 0.15) is 29.9 Å². The average Bonchev–Trinajstić information content (AvgIpc) is 2.84. The molecule has 0 radical (unpaired) electrons. The summed E-state index contributed by atoms with van der Waals surface area (Å²) in [5.41, 5.74) is 2.81. The van der Waals surface area contributed by atoms with Crippen molar-refractivity contribution in [1.29, 1.82) is 0 Å². The molecule has 6 nitrogen and oxygen atoms in total. The van der Waals surface area contributed by atoms with Crippen LogP contribution in [0.3, 0.4) is 0 Å². The summed E-state index contributed by atoms with van der Waals surface area (Å²) < 4.78 is 27.7. The summed E-state index contributed by atoms with van der Waals surface area (Å²) in [6, 6.07) is 25.9. The lowest BCUT2D eigenvalue weighted by Crippen LogP contribution is -2.37. The molecule has 0 spiro atoms. The van der Waals surface area contributed by atoms with Gasteiger partial charge in [-0.2, -0.15) is 4.31 Å². The van der Waals surface area contributed by atoms with Crippen molar-refractivity contribution in [3.63, 3.8) is 0 Å². The van der Waals surface area contributed by atoms with Gasteiger partial charge in [-0.3, -0.25) is 0 Å². The van der Waals surface area contributed by atoms with E-state index in [0.29, 0.717) is 31.2 Å². The lowest BCUT2D eigenvalue weighted by atomic mass is 9.90. The topological polar surface area (TPSA) is 78.5 Å². The van der Waals surface area contributed by atoms with Crippen molar-refractivity contribution in [2.24, 2.45) is 0 Å². The third-order valence-electron chi connectivity index (χ3n) is 5.77. The largest absolute Gasteiger partial charge is 0.334 e. The fourth-order valence-corrected chi connectivity index (χ4v) is 5.44. The molecule has 0 aliphatic carbocycles. The number of hydrogen-bond acceptors (Lipinski definition) is 3. The molecule has 1 heterocycles. The van der Waals surface area contributed by atoms with Gasteiger partial charge in [0.2, 0.25) is 10.0 Å². The Morgan fingerprint density at radius 2 is 1.44 bits per heavy atom. The van der Waals surface area contributed by atoms with E-state index < -0.39 is 10.0 Å². The number of benzene rings is 3. The number of piperidine rings is 1. The number of rotatable bonds is 6. The Hall–Kier alpha value is -3.16. The Kier molecular flexibility index (Phi) is 6.87. The minimum atomic E-state index is -3.55. The highest BCUT2D eigenvalue weighted by Crippen LogP contribution is 2.30. The Morgan fingerprint density at radius 3 is 2.06 bits per heavy atom. The highest BCUT2D eigenvalue weighted by atomic mass is 32.2. The van der Waals surface area contributed by atoms with Crippen molar-refractivity contribution in [3.8, 4) is 0 Å². The fourth-order valence-electron chi connectivity index (χ4n) is 3.97. The van der Waals surface area contributed by atoms with Crippen LogP contribution >= 0.6 is 0 Å². The molecule has 0 bridgehead atoms. The number of nitrogens with zero attached hydrogens (tertiary/aromatic N) is 1. The zero-order valence-corrected chi connectivity index (χ0v) is 18.6. The zero-order chi connectivity index (χ0) is 22.4. The average molecular weight is 450 g/mol. The number of nitrogens with one attached hydrogen (secondary N) is 2. The second-order valence-corrected chi connectivity index (χ2v) is 9.84. The van der Waals surface area contributed by atoms with E-state index in [2.05, 4.69) is 22.8 Å². The molecular weight excluding hydrogens is 422 g/mol. The van der Waals surface area contributed by atoms with Crippen LogP contribution in [0, 0.1) is 0 Å². The van der Waals surface area contributed by atoms with E-state index in [4.69, 9.17) is 0 Å². The molecule has 1 saturated heterocycles. The Morgan fingerprint density at radius 1 is 0.844 bits per heavy atom. The Labute approximate surface area is 189 Å². The SMILES string of the molecule is O=C(NCc1ccccc1)Nc1ccc(S(=O)(=O)N2CCC(c3ccccc3)CC2)cc1. The highest BCUT2D eigenvalue weighted by molar-refractivity contribution is 7.89. The number of urea groups is 1. The Balaban J connectivity index is 1.32. The van der Waals surface area contributed by atoms with Gasteiger partial charge in [0.05, 0.1) is 4.90 Å². The summed E-state index contributed by atoms with van der Waals surface area (Å²) in [6.07, 6.45) is 1.62. The number of carbonyl (C=O) groups excluding carboxylic acids is 1. The maximum Gasteiger partial charge on any atom is 0.319 e. The van der Waals surface area contributed by atoms with E-state index in [-0.39, 0.29) is 10.9 Å². The van der Waals surface area contributed by atoms with E-state index >= 15 is 0 Å². The molecule has 3 aromatic rings. The van der Waals surface area contributed by atoms with Crippen molar-refractivity contribution >= 4 is 21.7 Å². The second-order valence-electron chi connectivity index (χ2n) is 7.91. The number of anilines is 1. The summed E-state index contributed by atoms with van der Waals surface area (Å²) in [7, 11) is -3.55. The summed E-state index contributed by atoms with van der Waals surface area (Å²) in [4.78, 5) is 12.4. The molecule has 2 N–H and O–H groups in total. The van der Waals surface area contributed by atoms with Crippen molar-refractivity contribution in [1.82, 2.24) is 9.62 Å². The lowest BCUT2D eigenvalue weighted by Gasteiger charge is -2.31. The monoisotopic (exact) mass is 449 g/mol. The molecule has 32 heavy (non-hydrogen) atoms. The van der Waals surface area contributed by atoms with Gasteiger partial charge in [-0.1, -0.05) is 60.7 Å². The third-order valence-corrected chi connectivity index (χ3v) is 7.68. The molecule has 1 aliphatic heterocycles. The minimum Gasteiger partial charge on any atom is -0.334 e. The van der Waals surface area contributed by atoms with Crippen molar-refractivity contribution in [2.75, 3.05) is 18.4 Å². The normalized spacial score (nSPS) is 15.2. The standard InChI is InChI=1S/C25H27N3O3S/c29-25(26-19-20-7-3-1-4-8-20)27-23-11-13-24(14-12-23)32(30,31)28-17-15-22(16-18-28)21-9-5-2-6-10-21/h1-14,22H,15-19H2,(H2,26,27,29). The first-order chi connectivity index (χ1) is 15.5. The predicted octanol–water partition coefficient (Wildman–Crippen LogP) is 4.58. The van der Waals surface area contributed by atoms with Gasteiger partial charge >= 0.3 is 6.03 Å². The van der Waals surface area contributed by atoms with E-state index in [9.17, 15) is 13.2 Å². The first kappa shape index (κ1) is 22.0. The Bertz CT molecular complexity index is 1130. The minimum absolute atomic E-state index is 0.242. The van der Waals surface area contributed by atoms with E-state index in [1.807, 2.05) is 48.5 Å². The number of hydrogen-bond donors (Lipinski definition) is 2. The summed E-state index contributed by atoms with van der Waals surface area (Å²) in [6.45, 7) is 1.42. The molecule has 0 aromatic heterocycles. The van der Waals surface area contributed by atoms with E-state index in [1.54, 1.807) is 28.6 Å². The molecule has 7 heteroatoms. The molecule has 0 saturated carbocycles. The molecule has 1 aliphatic rings. The maximum absolute atomic E-state index is 13.0. The number of sulfonamides is 1. The molecular formula is C25H27N3O3S. The third kappa shape index (κ3) is 5.36. The smallest absolute Gasteiger partial charge is 0.319 e. The van der Waals surface area contributed by atoms with Gasteiger partial charge in [0.1, 0.15) is 0 Å². The maximum atomic E-state index is 13.0. The fraction of sp³-hybridized carbons (Fsp3) is 0.240. The van der Waals surface area contributed by atoms with Crippen molar-refractivity contribution in [2.45, 2.75) is 30.2 Å². The first-order valence-electron chi connectivity index (χ1n) is 10.8. The van der Waals surface area contributed by atoms with Gasteiger partial charge in [-0.15, -0.1) is 0 Å². The van der Waals surface area contributed by atoms with Crippen LogP contribution in [0.25, 0.3) is 0 Å². The van der Waals surface area contributed by atoms with Crippen LogP contribution in [0.15, 0.2) is 89.8 Å². The first-order valence-corrected chi connectivity index (χ1v) is 12.2. The van der Waals surface area contributed by atoms with Crippen LogP contribution in [0.2, 0.25) is 0 Å². The number of carbonyl (C=O) groups is 1. The molecule has 1 fully saturated rings. The van der Waals surface area contributed by atoms with Gasteiger partial charge in [-0.05, 0) is 54.2 Å². The van der Waals surface area contributed by atoms with Crippen molar-refractivity contribution in [3.05, 3.63) is 96.1 Å². The zero-order valence-electron chi connectivity index (χ0n) is 17.8. The molecule has 0 atom stereocenters. The van der Waals surface area contributed by atoms with E-state index in [1.165, 1.54) is 5.56 Å². The van der Waals surface area contributed by atoms with Gasteiger partial charge < -0.3 is 10.6 Å². The quantitative estimate of drug-likeness (QED) is 0.578. The summed E-state index contributed by atoms with van der Waals surface area (Å²) in [5.74, 6) is 0.392. The lowest BCUT2D eigenvalue weighted by molar-refractivity contribution is 0.251. The van der Waals surface area contributed by atoms with Crippen molar-refractivity contribution < 1.29 is 13.2 Å².